The molecule has 0 aromatic carbocycles. The monoisotopic (exact) mass is 863 g/mol. The summed E-state index contributed by atoms with van der Waals surface area (Å²) in [5.74, 6) is -2.92. The summed E-state index contributed by atoms with van der Waals surface area (Å²) in [6.07, 6.45) is 17.3. The number of hydrogen-bond donors (Lipinski definition) is 7. The number of amides is 5. The number of carboxylic acids is 2. The van der Waals surface area contributed by atoms with Gasteiger partial charge in [0, 0.05) is 45.4 Å². The zero-order chi connectivity index (χ0) is 43.6. The third-order valence-corrected chi connectivity index (χ3v) is 9.28. The third kappa shape index (κ3) is 41.0. The molecule has 0 bridgehead atoms. The van der Waals surface area contributed by atoms with Crippen molar-refractivity contribution in [1.29, 1.82) is 0 Å². The molecule has 0 rings (SSSR count). The van der Waals surface area contributed by atoms with E-state index in [0.29, 0.717) is 25.3 Å². The van der Waals surface area contributed by atoms with E-state index in [2.05, 4.69) is 26.6 Å². The van der Waals surface area contributed by atoms with Gasteiger partial charge >= 0.3 is 11.9 Å². The van der Waals surface area contributed by atoms with Crippen LogP contribution in [0.15, 0.2) is 0 Å². The maximum Gasteiger partial charge on any atom is 0.326 e. The van der Waals surface area contributed by atoms with E-state index < -0.39 is 18.0 Å². The summed E-state index contributed by atoms with van der Waals surface area (Å²) in [7, 11) is 0. The summed E-state index contributed by atoms with van der Waals surface area (Å²) in [4.78, 5) is 81.5. The van der Waals surface area contributed by atoms with Crippen LogP contribution in [0.2, 0.25) is 0 Å². The van der Waals surface area contributed by atoms with Crippen LogP contribution < -0.4 is 26.6 Å². The lowest BCUT2D eigenvalue weighted by Gasteiger charge is -2.14. The summed E-state index contributed by atoms with van der Waals surface area (Å²) in [5.41, 5.74) is 0. The Morgan fingerprint density at radius 1 is 0.458 bits per heavy atom. The van der Waals surface area contributed by atoms with Crippen molar-refractivity contribution in [2.45, 2.75) is 122 Å². The van der Waals surface area contributed by atoms with Crippen molar-refractivity contribution in [3.05, 3.63) is 0 Å². The SMILES string of the molecule is CSCC(=O)NCCNC(=O)COCCOCCNC(=O)COCCOCCNC(=O)CC[C@H](NC(=O)CCCCCCCCCCCCCCCCC(=O)O)C(=O)O. The molecule has 19 heteroatoms. The Bertz CT molecular complexity index is 1150. The van der Waals surface area contributed by atoms with Gasteiger partial charge in [0.05, 0.1) is 45.4 Å². The molecule has 59 heavy (non-hydrogen) atoms. The zero-order valence-electron chi connectivity index (χ0n) is 35.3. The molecule has 1 atom stereocenters. The Labute approximate surface area is 354 Å². The first-order valence-corrected chi connectivity index (χ1v) is 22.5. The van der Waals surface area contributed by atoms with Crippen LogP contribution in [0.1, 0.15) is 116 Å². The number of nitrogens with one attached hydrogen (secondary N) is 5. The first kappa shape index (κ1) is 55.5. The smallest absolute Gasteiger partial charge is 0.326 e. The molecule has 0 saturated carbocycles. The first-order valence-electron chi connectivity index (χ1n) is 21.2. The summed E-state index contributed by atoms with van der Waals surface area (Å²) >= 11 is 1.42. The van der Waals surface area contributed by atoms with Crippen molar-refractivity contribution >= 4 is 53.2 Å². The molecular weight excluding hydrogens is 791 g/mol. The minimum atomic E-state index is -1.18. The van der Waals surface area contributed by atoms with Crippen LogP contribution in [0.4, 0.5) is 0 Å². The number of carbonyl (C=O) groups excluding carboxylic acids is 5. The van der Waals surface area contributed by atoms with Crippen molar-refractivity contribution in [1.82, 2.24) is 26.6 Å². The second kappa shape index (κ2) is 41.2. The molecule has 7 N–H and O–H groups in total. The summed E-state index contributed by atoms with van der Waals surface area (Å²) in [5, 5.41) is 31.3. The first-order chi connectivity index (χ1) is 28.5. The number of thioether (sulfide) groups is 1. The predicted molar refractivity (Wildman–Crippen MR) is 224 cm³/mol. The highest BCUT2D eigenvalue weighted by Gasteiger charge is 2.20. The number of unbranched alkanes of at least 4 members (excludes halogenated alkanes) is 13. The van der Waals surface area contributed by atoms with E-state index in [1.165, 1.54) is 56.7 Å². The van der Waals surface area contributed by atoms with Crippen molar-refractivity contribution in [3.8, 4) is 0 Å². The summed E-state index contributed by atoms with van der Waals surface area (Å²) in [6.45, 7) is 2.12. The van der Waals surface area contributed by atoms with Crippen molar-refractivity contribution < 1.29 is 62.7 Å². The van der Waals surface area contributed by atoms with Gasteiger partial charge in [0.1, 0.15) is 19.3 Å². The van der Waals surface area contributed by atoms with Crippen LogP contribution in [0.5, 0.6) is 0 Å². The second-order valence-electron chi connectivity index (χ2n) is 14.0. The normalized spacial score (nSPS) is 11.4. The Hall–Kier alpha value is -3.52. The number of ether oxygens (including phenoxy) is 4. The highest BCUT2D eigenvalue weighted by molar-refractivity contribution is 7.99. The fourth-order valence-corrected chi connectivity index (χ4v) is 5.92. The minimum Gasteiger partial charge on any atom is -0.481 e. The van der Waals surface area contributed by atoms with Crippen LogP contribution in [0.3, 0.4) is 0 Å². The lowest BCUT2D eigenvalue weighted by Crippen LogP contribution is -2.41. The maximum absolute atomic E-state index is 12.3. The van der Waals surface area contributed by atoms with Crippen LogP contribution in [-0.4, -0.2) is 149 Å². The summed E-state index contributed by atoms with van der Waals surface area (Å²) < 4.78 is 21.2. The van der Waals surface area contributed by atoms with Crippen LogP contribution in [0.25, 0.3) is 0 Å². The molecule has 0 radical (unpaired) electrons. The second-order valence-corrected chi connectivity index (χ2v) is 14.9. The van der Waals surface area contributed by atoms with Gasteiger partial charge in [-0.05, 0) is 25.5 Å². The van der Waals surface area contributed by atoms with E-state index in [9.17, 15) is 38.7 Å². The van der Waals surface area contributed by atoms with Gasteiger partial charge in [-0.1, -0.05) is 77.0 Å². The molecule has 0 aliphatic carbocycles. The average molecular weight is 864 g/mol. The topological polar surface area (TPSA) is 257 Å². The van der Waals surface area contributed by atoms with E-state index in [1.54, 1.807) is 0 Å². The number of hydrogen-bond acceptors (Lipinski definition) is 12. The van der Waals surface area contributed by atoms with Gasteiger partial charge in [-0.3, -0.25) is 28.8 Å². The van der Waals surface area contributed by atoms with Crippen molar-refractivity contribution in [2.24, 2.45) is 0 Å². The fourth-order valence-electron chi connectivity index (χ4n) is 5.55. The van der Waals surface area contributed by atoms with Gasteiger partial charge in [0.2, 0.25) is 29.5 Å². The molecular formula is C40H73N5O13S. The van der Waals surface area contributed by atoms with E-state index in [1.807, 2.05) is 6.26 Å². The van der Waals surface area contributed by atoms with Crippen LogP contribution in [0, 0.1) is 0 Å². The van der Waals surface area contributed by atoms with Crippen molar-refractivity contribution in [2.75, 3.05) is 91.0 Å². The summed E-state index contributed by atoms with van der Waals surface area (Å²) in [6, 6.07) is -1.14. The van der Waals surface area contributed by atoms with E-state index >= 15 is 0 Å². The standard InChI is InChI=1S/C40H73N5O13S/c1-59-32-38(50)42-21-20-41-36(48)30-57-28-27-56-25-23-44-37(49)31-58-29-26-55-24-22-43-34(46)19-18-33(40(53)54)45-35(47)16-14-12-10-8-6-4-2-3-5-7-9-11-13-15-17-39(51)52/h33H,2-32H2,1H3,(H,41,48)(H,42,50)(H,43,46)(H,44,49)(H,45,47)(H,51,52)(H,53,54)/t33-/m0/s1. The van der Waals surface area contributed by atoms with Crippen LogP contribution in [-0.2, 0) is 52.5 Å². The molecule has 0 heterocycles. The number of rotatable bonds is 43. The average Bonchev–Trinajstić information content (AvgIpc) is 3.19. The largest absolute Gasteiger partial charge is 0.481 e. The highest BCUT2D eigenvalue weighted by atomic mass is 32.2. The van der Waals surface area contributed by atoms with E-state index in [4.69, 9.17) is 24.1 Å². The third-order valence-electron chi connectivity index (χ3n) is 8.73. The molecule has 0 aliphatic heterocycles. The van der Waals surface area contributed by atoms with Gasteiger partial charge in [0.25, 0.3) is 0 Å². The molecule has 18 nitrogen and oxygen atoms in total. The molecule has 0 aromatic heterocycles. The Morgan fingerprint density at radius 3 is 1.32 bits per heavy atom. The molecule has 0 unspecified atom stereocenters. The fraction of sp³-hybridized carbons (Fsp3) is 0.825. The molecule has 5 amide bonds. The Morgan fingerprint density at radius 2 is 0.864 bits per heavy atom. The molecule has 0 fully saturated rings. The highest BCUT2D eigenvalue weighted by Crippen LogP contribution is 2.14. The van der Waals surface area contributed by atoms with Crippen LogP contribution >= 0.6 is 11.8 Å². The molecule has 342 valence electrons. The van der Waals surface area contributed by atoms with E-state index in [-0.39, 0.29) is 121 Å². The number of carboxylic acid groups (broad SMARTS) is 2. The Kier molecular flexibility index (Phi) is 38.8. The molecule has 0 saturated heterocycles. The number of carbonyl (C=O) groups is 7. The maximum atomic E-state index is 12.3. The molecule has 0 aliphatic rings. The lowest BCUT2D eigenvalue weighted by atomic mass is 10.0. The predicted octanol–water partition coefficient (Wildman–Crippen LogP) is 2.56. The van der Waals surface area contributed by atoms with Gasteiger partial charge in [-0.25, -0.2) is 4.79 Å². The van der Waals surface area contributed by atoms with Gasteiger partial charge in [0.15, 0.2) is 0 Å². The molecule has 0 spiro atoms. The van der Waals surface area contributed by atoms with E-state index in [0.717, 1.165) is 38.5 Å². The van der Waals surface area contributed by atoms with Gasteiger partial charge in [-0.2, -0.15) is 11.8 Å². The van der Waals surface area contributed by atoms with Gasteiger partial charge in [-0.15, -0.1) is 0 Å². The van der Waals surface area contributed by atoms with Crippen molar-refractivity contribution in [3.63, 3.8) is 0 Å². The molecule has 0 aromatic rings. The number of aliphatic carboxylic acids is 2. The zero-order valence-corrected chi connectivity index (χ0v) is 36.1. The van der Waals surface area contributed by atoms with Gasteiger partial charge < -0.3 is 55.7 Å². The quantitative estimate of drug-likeness (QED) is 0.0435. The minimum absolute atomic E-state index is 0.0272. The lowest BCUT2D eigenvalue weighted by molar-refractivity contribution is -0.142. The Balaban J connectivity index is 3.65.